The van der Waals surface area contributed by atoms with Crippen molar-refractivity contribution in [3.8, 4) is 0 Å². The van der Waals surface area contributed by atoms with Crippen molar-refractivity contribution in [1.29, 1.82) is 0 Å². The fourth-order valence-corrected chi connectivity index (χ4v) is 0.713. The quantitative estimate of drug-likeness (QED) is 0.484. The highest BCUT2D eigenvalue weighted by atomic mass is 16.4. The third kappa shape index (κ3) is 3.42. The van der Waals surface area contributed by atoms with Gasteiger partial charge in [0.1, 0.15) is 6.04 Å². The molecule has 1 unspecified atom stereocenters. The zero-order valence-electron chi connectivity index (χ0n) is 6.13. The maximum Gasteiger partial charge on any atom is 0.320 e. The SMILES string of the molecule is CNC(CCCN)C(=O)O. The Morgan fingerprint density at radius 2 is 2.40 bits per heavy atom. The van der Waals surface area contributed by atoms with Crippen LogP contribution in [-0.4, -0.2) is 30.7 Å². The van der Waals surface area contributed by atoms with Crippen molar-refractivity contribution < 1.29 is 9.90 Å². The summed E-state index contributed by atoms with van der Waals surface area (Å²) in [5, 5.41) is 11.2. The van der Waals surface area contributed by atoms with Gasteiger partial charge in [0, 0.05) is 0 Å². The van der Waals surface area contributed by atoms with Crippen LogP contribution in [0.15, 0.2) is 0 Å². The molecule has 0 saturated carbocycles. The highest BCUT2D eigenvalue weighted by Crippen LogP contribution is 1.94. The zero-order chi connectivity index (χ0) is 7.98. The molecule has 0 amide bonds. The number of likely N-dealkylation sites (N-methyl/N-ethyl adjacent to an activating group) is 1. The van der Waals surface area contributed by atoms with E-state index in [4.69, 9.17) is 10.8 Å². The van der Waals surface area contributed by atoms with Crippen molar-refractivity contribution in [2.75, 3.05) is 13.6 Å². The van der Waals surface area contributed by atoms with E-state index in [1.807, 2.05) is 0 Å². The van der Waals surface area contributed by atoms with E-state index in [0.717, 1.165) is 6.42 Å². The van der Waals surface area contributed by atoms with Crippen molar-refractivity contribution in [2.45, 2.75) is 18.9 Å². The smallest absolute Gasteiger partial charge is 0.320 e. The molecule has 0 spiro atoms. The lowest BCUT2D eigenvalue weighted by Crippen LogP contribution is -2.34. The van der Waals surface area contributed by atoms with Gasteiger partial charge < -0.3 is 16.2 Å². The molecule has 0 aromatic carbocycles. The van der Waals surface area contributed by atoms with Gasteiger partial charge in [0.15, 0.2) is 0 Å². The molecule has 0 aliphatic heterocycles. The summed E-state index contributed by atoms with van der Waals surface area (Å²) in [6, 6.07) is -0.441. The highest BCUT2D eigenvalue weighted by molar-refractivity contribution is 5.73. The summed E-state index contributed by atoms with van der Waals surface area (Å²) in [5.74, 6) is -0.809. The van der Waals surface area contributed by atoms with Crippen LogP contribution >= 0.6 is 0 Å². The Hall–Kier alpha value is -0.610. The first-order valence-electron chi connectivity index (χ1n) is 3.32. The Labute approximate surface area is 60.4 Å². The van der Waals surface area contributed by atoms with Crippen molar-refractivity contribution in [3.63, 3.8) is 0 Å². The van der Waals surface area contributed by atoms with Crippen LogP contribution in [0.4, 0.5) is 0 Å². The molecular weight excluding hydrogens is 132 g/mol. The van der Waals surface area contributed by atoms with Crippen LogP contribution in [0.5, 0.6) is 0 Å². The van der Waals surface area contributed by atoms with Gasteiger partial charge in [0.05, 0.1) is 0 Å². The minimum absolute atomic E-state index is 0.441. The number of hydrogen-bond donors (Lipinski definition) is 3. The van der Waals surface area contributed by atoms with E-state index in [1.165, 1.54) is 0 Å². The first kappa shape index (κ1) is 9.39. The maximum atomic E-state index is 10.3. The van der Waals surface area contributed by atoms with Gasteiger partial charge >= 0.3 is 5.97 Å². The number of carboxylic acids is 1. The third-order valence-corrected chi connectivity index (χ3v) is 1.34. The van der Waals surface area contributed by atoms with Gasteiger partial charge in [-0.15, -0.1) is 0 Å². The largest absolute Gasteiger partial charge is 0.480 e. The van der Waals surface area contributed by atoms with E-state index in [2.05, 4.69) is 5.32 Å². The Bertz CT molecular complexity index is 106. The van der Waals surface area contributed by atoms with E-state index in [-0.39, 0.29) is 0 Å². The first-order chi connectivity index (χ1) is 4.72. The molecule has 0 aliphatic rings. The van der Waals surface area contributed by atoms with Gasteiger partial charge in [-0.1, -0.05) is 0 Å². The van der Waals surface area contributed by atoms with E-state index >= 15 is 0 Å². The molecule has 0 fully saturated rings. The molecule has 0 radical (unpaired) electrons. The number of nitrogens with two attached hydrogens (primary N) is 1. The van der Waals surface area contributed by atoms with Gasteiger partial charge in [-0.25, -0.2) is 0 Å². The molecule has 0 aromatic rings. The van der Waals surface area contributed by atoms with Gasteiger partial charge in [0.25, 0.3) is 0 Å². The normalized spacial score (nSPS) is 13.0. The maximum absolute atomic E-state index is 10.3. The van der Waals surface area contributed by atoms with Crippen LogP contribution in [0.2, 0.25) is 0 Å². The summed E-state index contributed by atoms with van der Waals surface area (Å²) in [4.78, 5) is 10.3. The second kappa shape index (κ2) is 5.20. The number of rotatable bonds is 5. The van der Waals surface area contributed by atoms with Crippen molar-refractivity contribution in [1.82, 2.24) is 5.32 Å². The van der Waals surface area contributed by atoms with Gasteiger partial charge in [-0.05, 0) is 26.4 Å². The van der Waals surface area contributed by atoms with Crippen molar-refractivity contribution in [3.05, 3.63) is 0 Å². The second-order valence-electron chi connectivity index (χ2n) is 2.11. The molecule has 0 rings (SSSR count). The van der Waals surface area contributed by atoms with Crippen LogP contribution in [0, 0.1) is 0 Å². The van der Waals surface area contributed by atoms with Gasteiger partial charge in [-0.3, -0.25) is 4.79 Å². The standard InChI is InChI=1S/C6H14N2O2/c1-8-5(6(9)10)3-2-4-7/h5,8H,2-4,7H2,1H3,(H,9,10). The molecule has 10 heavy (non-hydrogen) atoms. The molecule has 4 nitrogen and oxygen atoms in total. The average Bonchev–Trinajstić information content (AvgIpc) is 1.89. The second-order valence-corrected chi connectivity index (χ2v) is 2.11. The Morgan fingerprint density at radius 1 is 1.80 bits per heavy atom. The van der Waals surface area contributed by atoms with Gasteiger partial charge in [-0.2, -0.15) is 0 Å². The molecule has 0 saturated heterocycles. The molecule has 0 aromatic heterocycles. The van der Waals surface area contributed by atoms with Crippen molar-refractivity contribution in [2.24, 2.45) is 5.73 Å². The lowest BCUT2D eigenvalue weighted by molar-refractivity contribution is -0.139. The molecule has 0 heterocycles. The highest BCUT2D eigenvalue weighted by Gasteiger charge is 2.12. The monoisotopic (exact) mass is 146 g/mol. The minimum atomic E-state index is -0.809. The van der Waals surface area contributed by atoms with E-state index in [9.17, 15) is 4.79 Å². The number of carboxylic acid groups (broad SMARTS) is 1. The predicted octanol–water partition coefficient (Wildman–Crippen LogP) is -0.602. The molecule has 4 heteroatoms. The zero-order valence-corrected chi connectivity index (χ0v) is 6.13. The summed E-state index contributed by atoms with van der Waals surface area (Å²) >= 11 is 0. The Morgan fingerprint density at radius 3 is 2.70 bits per heavy atom. The molecule has 0 bridgehead atoms. The lowest BCUT2D eigenvalue weighted by atomic mass is 10.1. The van der Waals surface area contributed by atoms with E-state index in [1.54, 1.807) is 7.05 Å². The van der Waals surface area contributed by atoms with Gasteiger partial charge in [0.2, 0.25) is 0 Å². The summed E-state index contributed by atoms with van der Waals surface area (Å²) in [7, 11) is 1.63. The number of aliphatic carboxylic acids is 1. The topological polar surface area (TPSA) is 75.3 Å². The van der Waals surface area contributed by atoms with Crippen LogP contribution in [0.25, 0.3) is 0 Å². The van der Waals surface area contributed by atoms with Crippen LogP contribution in [0.1, 0.15) is 12.8 Å². The molecule has 1 atom stereocenters. The Balaban J connectivity index is 3.50. The van der Waals surface area contributed by atoms with Crippen molar-refractivity contribution >= 4 is 5.97 Å². The predicted molar refractivity (Wildman–Crippen MR) is 38.8 cm³/mol. The van der Waals surface area contributed by atoms with E-state index < -0.39 is 12.0 Å². The average molecular weight is 146 g/mol. The summed E-state index contributed by atoms with van der Waals surface area (Å²) in [6.07, 6.45) is 1.35. The van der Waals surface area contributed by atoms with Crippen LogP contribution < -0.4 is 11.1 Å². The molecular formula is C6H14N2O2. The number of carbonyl (C=O) groups is 1. The first-order valence-corrected chi connectivity index (χ1v) is 3.32. The van der Waals surface area contributed by atoms with E-state index in [0.29, 0.717) is 13.0 Å². The van der Waals surface area contributed by atoms with Crippen LogP contribution in [0.3, 0.4) is 0 Å². The molecule has 60 valence electrons. The lowest BCUT2D eigenvalue weighted by Gasteiger charge is -2.08. The minimum Gasteiger partial charge on any atom is -0.480 e. The summed E-state index contributed by atoms with van der Waals surface area (Å²) < 4.78 is 0. The molecule has 0 aliphatic carbocycles. The molecule has 4 N–H and O–H groups in total. The summed E-state index contributed by atoms with van der Waals surface area (Å²) in [5.41, 5.74) is 5.21. The number of hydrogen-bond acceptors (Lipinski definition) is 3. The fraction of sp³-hybridized carbons (Fsp3) is 0.833. The fourth-order valence-electron chi connectivity index (χ4n) is 0.713. The number of nitrogens with one attached hydrogen (secondary N) is 1. The summed E-state index contributed by atoms with van der Waals surface area (Å²) in [6.45, 7) is 0.547. The third-order valence-electron chi connectivity index (χ3n) is 1.34. The van der Waals surface area contributed by atoms with Crippen LogP contribution in [-0.2, 0) is 4.79 Å². The Kier molecular flexibility index (Phi) is 4.88.